The van der Waals surface area contributed by atoms with Gasteiger partial charge in [0.25, 0.3) is 5.91 Å². The van der Waals surface area contributed by atoms with Gasteiger partial charge in [0.15, 0.2) is 17.1 Å². The van der Waals surface area contributed by atoms with Crippen LogP contribution >= 0.6 is 0 Å². The van der Waals surface area contributed by atoms with E-state index < -0.39 is 0 Å². The van der Waals surface area contributed by atoms with Crippen LogP contribution in [-0.2, 0) is 6.42 Å². The molecule has 148 valence electrons. The van der Waals surface area contributed by atoms with Crippen LogP contribution in [0.5, 0.6) is 11.5 Å². The molecule has 0 aliphatic heterocycles. The van der Waals surface area contributed by atoms with E-state index >= 15 is 0 Å². The maximum absolute atomic E-state index is 12.6. The first-order valence-corrected chi connectivity index (χ1v) is 9.52. The molecule has 1 N–H and O–H groups in total. The van der Waals surface area contributed by atoms with Crippen LogP contribution in [0.25, 0.3) is 5.65 Å². The monoisotopic (exact) mass is 382 g/mol. The molecule has 0 fully saturated rings. The van der Waals surface area contributed by atoms with Gasteiger partial charge < -0.3 is 14.8 Å². The number of aromatic nitrogens is 3. The van der Waals surface area contributed by atoms with E-state index in [0.29, 0.717) is 37.4 Å². The summed E-state index contributed by atoms with van der Waals surface area (Å²) >= 11 is 0. The first kappa shape index (κ1) is 19.7. The Hall–Kier alpha value is -3.09. The lowest BCUT2D eigenvalue weighted by Crippen LogP contribution is -2.25. The molecule has 0 saturated carbocycles. The molecule has 0 spiro atoms. The standard InChI is InChI=1S/C21H26N4O3/c1-5-27-18-8-7-16(12-19(18)28-6-2)9-10-22-21(26)17-13-23-25-15(4)11-14(3)24-20(17)25/h7-8,11-13H,5-6,9-10H2,1-4H3,(H,22,26). The molecule has 0 unspecified atom stereocenters. The molecule has 0 aliphatic rings. The van der Waals surface area contributed by atoms with Crippen LogP contribution in [0, 0.1) is 13.8 Å². The summed E-state index contributed by atoms with van der Waals surface area (Å²) in [5.41, 5.74) is 3.93. The second kappa shape index (κ2) is 8.73. The number of rotatable bonds is 8. The average molecular weight is 382 g/mol. The first-order valence-electron chi connectivity index (χ1n) is 9.52. The summed E-state index contributed by atoms with van der Waals surface area (Å²) in [7, 11) is 0. The third-order valence-electron chi connectivity index (χ3n) is 4.33. The summed E-state index contributed by atoms with van der Waals surface area (Å²) in [6.45, 7) is 9.39. The fourth-order valence-electron chi connectivity index (χ4n) is 3.10. The summed E-state index contributed by atoms with van der Waals surface area (Å²) < 4.78 is 12.9. The highest BCUT2D eigenvalue weighted by atomic mass is 16.5. The lowest BCUT2D eigenvalue weighted by Gasteiger charge is -2.12. The minimum absolute atomic E-state index is 0.177. The van der Waals surface area contributed by atoms with Crippen molar-refractivity contribution >= 4 is 11.6 Å². The first-order chi connectivity index (χ1) is 13.5. The number of ether oxygens (including phenoxy) is 2. The summed E-state index contributed by atoms with van der Waals surface area (Å²) in [6, 6.07) is 7.80. The van der Waals surface area contributed by atoms with Gasteiger partial charge in [0.05, 0.1) is 19.4 Å². The van der Waals surface area contributed by atoms with Gasteiger partial charge in [-0.05, 0) is 57.9 Å². The minimum Gasteiger partial charge on any atom is -0.490 e. The third kappa shape index (κ3) is 4.24. The summed E-state index contributed by atoms with van der Waals surface area (Å²) in [5.74, 6) is 1.29. The molecule has 7 nitrogen and oxygen atoms in total. The number of nitrogens with one attached hydrogen (secondary N) is 1. The fourth-order valence-corrected chi connectivity index (χ4v) is 3.10. The quantitative estimate of drug-likeness (QED) is 0.648. The zero-order chi connectivity index (χ0) is 20.1. The van der Waals surface area contributed by atoms with Gasteiger partial charge in [-0.15, -0.1) is 0 Å². The smallest absolute Gasteiger partial charge is 0.256 e. The Balaban J connectivity index is 1.67. The molecule has 0 radical (unpaired) electrons. The Kier molecular flexibility index (Phi) is 6.13. The van der Waals surface area contributed by atoms with E-state index in [9.17, 15) is 4.79 Å². The maximum atomic E-state index is 12.6. The van der Waals surface area contributed by atoms with E-state index in [4.69, 9.17) is 9.47 Å². The Bertz CT molecular complexity index is 981. The van der Waals surface area contributed by atoms with Crippen LogP contribution in [0.4, 0.5) is 0 Å². The van der Waals surface area contributed by atoms with Gasteiger partial charge in [-0.2, -0.15) is 5.10 Å². The number of benzene rings is 1. The second-order valence-corrected chi connectivity index (χ2v) is 6.49. The van der Waals surface area contributed by atoms with Gasteiger partial charge in [0.2, 0.25) is 0 Å². The van der Waals surface area contributed by atoms with Gasteiger partial charge in [0.1, 0.15) is 5.56 Å². The minimum atomic E-state index is -0.177. The third-order valence-corrected chi connectivity index (χ3v) is 4.33. The molecule has 0 saturated heterocycles. The molecular weight excluding hydrogens is 356 g/mol. The molecule has 3 aromatic rings. The number of amides is 1. The molecule has 7 heteroatoms. The Morgan fingerprint density at radius 2 is 1.86 bits per heavy atom. The molecule has 0 atom stereocenters. The summed E-state index contributed by atoms with van der Waals surface area (Å²) in [6.07, 6.45) is 2.25. The van der Waals surface area contributed by atoms with Gasteiger partial charge in [-0.1, -0.05) is 6.07 Å². The Morgan fingerprint density at radius 1 is 1.11 bits per heavy atom. The molecule has 3 rings (SSSR count). The van der Waals surface area contributed by atoms with Gasteiger partial charge in [0, 0.05) is 17.9 Å². The summed E-state index contributed by atoms with van der Waals surface area (Å²) in [5, 5.41) is 7.22. The zero-order valence-corrected chi connectivity index (χ0v) is 16.8. The van der Waals surface area contributed by atoms with E-state index in [-0.39, 0.29) is 5.91 Å². The number of hydrogen-bond donors (Lipinski definition) is 1. The van der Waals surface area contributed by atoms with Crippen LogP contribution in [0.3, 0.4) is 0 Å². The van der Waals surface area contributed by atoms with E-state index in [2.05, 4.69) is 15.4 Å². The van der Waals surface area contributed by atoms with Crippen LogP contribution in [0.15, 0.2) is 30.5 Å². The largest absolute Gasteiger partial charge is 0.490 e. The highest BCUT2D eigenvalue weighted by Gasteiger charge is 2.15. The van der Waals surface area contributed by atoms with Gasteiger partial charge in [-0.25, -0.2) is 9.50 Å². The average Bonchev–Trinajstić information content (AvgIpc) is 3.08. The number of carbonyl (C=O) groups excluding carboxylic acids is 1. The maximum Gasteiger partial charge on any atom is 0.256 e. The molecule has 2 aromatic heterocycles. The Morgan fingerprint density at radius 3 is 2.61 bits per heavy atom. The normalized spacial score (nSPS) is 10.9. The van der Waals surface area contributed by atoms with Crippen molar-refractivity contribution < 1.29 is 14.3 Å². The van der Waals surface area contributed by atoms with Crippen LogP contribution < -0.4 is 14.8 Å². The topological polar surface area (TPSA) is 77.8 Å². The SMILES string of the molecule is CCOc1ccc(CCNC(=O)c2cnn3c(C)cc(C)nc23)cc1OCC. The van der Waals surface area contributed by atoms with Crippen molar-refractivity contribution in [2.45, 2.75) is 34.1 Å². The van der Waals surface area contributed by atoms with Crippen molar-refractivity contribution in [1.29, 1.82) is 0 Å². The van der Waals surface area contributed by atoms with E-state index in [0.717, 1.165) is 28.5 Å². The predicted octanol–water partition coefficient (Wildman–Crippen LogP) is 3.12. The van der Waals surface area contributed by atoms with Crippen LogP contribution in [-0.4, -0.2) is 40.3 Å². The molecule has 1 aromatic carbocycles. The number of nitrogens with zero attached hydrogens (tertiary/aromatic N) is 3. The highest BCUT2D eigenvalue weighted by Crippen LogP contribution is 2.28. The lowest BCUT2D eigenvalue weighted by molar-refractivity contribution is 0.0955. The van der Waals surface area contributed by atoms with Crippen molar-refractivity contribution in [2.24, 2.45) is 0 Å². The van der Waals surface area contributed by atoms with E-state index in [1.54, 1.807) is 10.7 Å². The second-order valence-electron chi connectivity index (χ2n) is 6.49. The number of fused-ring (bicyclic) bond motifs is 1. The van der Waals surface area contributed by atoms with E-state index in [1.807, 2.05) is 52.0 Å². The zero-order valence-electron chi connectivity index (χ0n) is 16.8. The van der Waals surface area contributed by atoms with Crippen molar-refractivity contribution in [3.05, 3.63) is 53.0 Å². The van der Waals surface area contributed by atoms with Crippen molar-refractivity contribution in [1.82, 2.24) is 19.9 Å². The molecule has 28 heavy (non-hydrogen) atoms. The summed E-state index contributed by atoms with van der Waals surface area (Å²) in [4.78, 5) is 17.0. The van der Waals surface area contributed by atoms with Crippen molar-refractivity contribution in [3.63, 3.8) is 0 Å². The molecular formula is C21H26N4O3. The van der Waals surface area contributed by atoms with Crippen molar-refractivity contribution in [2.75, 3.05) is 19.8 Å². The molecule has 0 aliphatic carbocycles. The number of aryl methyl sites for hydroxylation is 2. The Labute approximate surface area is 164 Å². The fraction of sp³-hybridized carbons (Fsp3) is 0.381. The molecule has 0 bridgehead atoms. The van der Waals surface area contributed by atoms with E-state index in [1.165, 1.54) is 0 Å². The van der Waals surface area contributed by atoms with Crippen LogP contribution in [0.1, 0.15) is 41.2 Å². The highest BCUT2D eigenvalue weighted by molar-refractivity contribution is 5.99. The van der Waals surface area contributed by atoms with Crippen molar-refractivity contribution in [3.8, 4) is 11.5 Å². The lowest BCUT2D eigenvalue weighted by atomic mass is 10.1. The predicted molar refractivity (Wildman–Crippen MR) is 107 cm³/mol. The molecule has 1 amide bonds. The van der Waals surface area contributed by atoms with Gasteiger partial charge >= 0.3 is 0 Å². The number of hydrogen-bond acceptors (Lipinski definition) is 5. The molecule has 2 heterocycles. The van der Waals surface area contributed by atoms with Crippen LogP contribution in [0.2, 0.25) is 0 Å². The van der Waals surface area contributed by atoms with Gasteiger partial charge in [-0.3, -0.25) is 4.79 Å². The number of carbonyl (C=O) groups is 1.